The van der Waals surface area contributed by atoms with Crippen molar-refractivity contribution in [1.82, 2.24) is 0 Å². The number of benzene rings is 1. The highest BCUT2D eigenvalue weighted by atomic mass is 32.2. The normalized spacial score (nSPS) is 11.3. The molecule has 1 rings (SSSR count). The third kappa shape index (κ3) is 4.80. The highest BCUT2D eigenvalue weighted by Gasteiger charge is 2.03. The van der Waals surface area contributed by atoms with E-state index in [4.69, 9.17) is 4.74 Å². The zero-order chi connectivity index (χ0) is 11.3. The summed E-state index contributed by atoms with van der Waals surface area (Å²) in [6.45, 7) is 2.51. The zero-order valence-electron chi connectivity index (χ0n) is 8.76. The standard InChI is InChI=1S/C10H14O4S/c1-3-13-10-6-4-5-9(7-10)8-14-15(2,11)12/h4-7H,3,8H2,1-2H3. The summed E-state index contributed by atoms with van der Waals surface area (Å²) in [6, 6.07) is 7.15. The molecule has 0 spiro atoms. The lowest BCUT2D eigenvalue weighted by molar-refractivity contribution is 0.308. The molecule has 0 fully saturated rings. The molecule has 0 aliphatic rings. The maximum Gasteiger partial charge on any atom is 0.264 e. The fourth-order valence-electron chi connectivity index (χ4n) is 1.07. The van der Waals surface area contributed by atoms with Gasteiger partial charge >= 0.3 is 0 Å². The Morgan fingerprint density at radius 2 is 2.07 bits per heavy atom. The highest BCUT2D eigenvalue weighted by molar-refractivity contribution is 7.85. The van der Waals surface area contributed by atoms with Crippen molar-refractivity contribution < 1.29 is 17.3 Å². The van der Waals surface area contributed by atoms with Gasteiger partial charge in [0.1, 0.15) is 5.75 Å². The molecule has 0 radical (unpaired) electrons. The quantitative estimate of drug-likeness (QED) is 0.720. The molecule has 15 heavy (non-hydrogen) atoms. The Hall–Kier alpha value is -1.07. The molecule has 0 heterocycles. The molecule has 0 atom stereocenters. The van der Waals surface area contributed by atoms with E-state index in [1.807, 2.05) is 13.0 Å². The van der Waals surface area contributed by atoms with E-state index in [9.17, 15) is 8.42 Å². The smallest absolute Gasteiger partial charge is 0.264 e. The largest absolute Gasteiger partial charge is 0.494 e. The molecule has 84 valence electrons. The summed E-state index contributed by atoms with van der Waals surface area (Å²) in [5, 5.41) is 0. The Morgan fingerprint density at radius 3 is 2.67 bits per heavy atom. The monoisotopic (exact) mass is 230 g/mol. The second-order valence-corrected chi connectivity index (χ2v) is 4.69. The van der Waals surface area contributed by atoms with Crippen LogP contribution < -0.4 is 4.74 Å². The predicted octanol–water partition coefficient (Wildman–Crippen LogP) is 1.56. The van der Waals surface area contributed by atoms with E-state index in [0.717, 1.165) is 11.8 Å². The van der Waals surface area contributed by atoms with Crippen LogP contribution in [-0.4, -0.2) is 21.3 Å². The zero-order valence-corrected chi connectivity index (χ0v) is 9.58. The van der Waals surface area contributed by atoms with E-state index in [2.05, 4.69) is 4.18 Å². The average molecular weight is 230 g/mol. The number of rotatable bonds is 5. The second-order valence-electron chi connectivity index (χ2n) is 3.05. The van der Waals surface area contributed by atoms with Crippen LogP contribution in [0, 0.1) is 0 Å². The SMILES string of the molecule is CCOc1cccc(COS(C)(=O)=O)c1. The van der Waals surface area contributed by atoms with E-state index in [0.29, 0.717) is 12.4 Å². The summed E-state index contributed by atoms with van der Waals surface area (Å²) in [7, 11) is -3.39. The number of hydrogen-bond donors (Lipinski definition) is 0. The van der Waals surface area contributed by atoms with Gasteiger partial charge in [0.2, 0.25) is 0 Å². The first-order valence-corrected chi connectivity index (χ1v) is 6.39. The van der Waals surface area contributed by atoms with Crippen molar-refractivity contribution >= 4 is 10.1 Å². The lowest BCUT2D eigenvalue weighted by Gasteiger charge is -2.05. The van der Waals surface area contributed by atoms with Crippen LogP contribution >= 0.6 is 0 Å². The molecular weight excluding hydrogens is 216 g/mol. The molecule has 5 heteroatoms. The van der Waals surface area contributed by atoms with Gasteiger partial charge in [-0.05, 0) is 24.6 Å². The van der Waals surface area contributed by atoms with Gasteiger partial charge in [-0.15, -0.1) is 0 Å². The van der Waals surface area contributed by atoms with Crippen molar-refractivity contribution in [3.8, 4) is 5.75 Å². The van der Waals surface area contributed by atoms with Gasteiger partial charge < -0.3 is 4.74 Å². The minimum Gasteiger partial charge on any atom is -0.494 e. The van der Waals surface area contributed by atoms with Crippen molar-refractivity contribution in [3.63, 3.8) is 0 Å². The minimum absolute atomic E-state index is 0.0414. The Labute approximate surface area is 90.0 Å². The first kappa shape index (κ1) is 12.0. The molecule has 1 aromatic carbocycles. The maximum absolute atomic E-state index is 10.8. The van der Waals surface area contributed by atoms with E-state index in [-0.39, 0.29) is 6.61 Å². The molecule has 0 saturated carbocycles. The lowest BCUT2D eigenvalue weighted by atomic mass is 10.2. The molecule has 0 bridgehead atoms. The van der Waals surface area contributed by atoms with E-state index < -0.39 is 10.1 Å². The molecule has 4 nitrogen and oxygen atoms in total. The average Bonchev–Trinajstić information content (AvgIpc) is 2.15. The predicted molar refractivity (Wildman–Crippen MR) is 57.2 cm³/mol. The first-order chi connectivity index (χ1) is 7.01. The molecule has 0 amide bonds. The molecule has 0 N–H and O–H groups in total. The van der Waals surface area contributed by atoms with Crippen LogP contribution in [-0.2, 0) is 20.9 Å². The van der Waals surface area contributed by atoms with Crippen LogP contribution in [0.2, 0.25) is 0 Å². The van der Waals surface area contributed by atoms with Crippen LogP contribution in [0.1, 0.15) is 12.5 Å². The van der Waals surface area contributed by atoms with Gasteiger partial charge in [-0.2, -0.15) is 8.42 Å². The molecule has 0 aliphatic carbocycles. The highest BCUT2D eigenvalue weighted by Crippen LogP contribution is 2.14. The van der Waals surface area contributed by atoms with Crippen molar-refractivity contribution in [2.45, 2.75) is 13.5 Å². The fraction of sp³-hybridized carbons (Fsp3) is 0.400. The van der Waals surface area contributed by atoms with Gasteiger partial charge in [0, 0.05) is 0 Å². The Kier molecular flexibility index (Phi) is 4.11. The van der Waals surface area contributed by atoms with Gasteiger partial charge in [0.05, 0.1) is 19.5 Å². The maximum atomic E-state index is 10.8. The van der Waals surface area contributed by atoms with Crippen molar-refractivity contribution in [1.29, 1.82) is 0 Å². The van der Waals surface area contributed by atoms with Crippen LogP contribution in [0.4, 0.5) is 0 Å². The van der Waals surface area contributed by atoms with Crippen LogP contribution in [0.5, 0.6) is 5.75 Å². The summed E-state index contributed by atoms with van der Waals surface area (Å²) < 4.78 is 31.5. The second kappa shape index (κ2) is 5.14. The van der Waals surface area contributed by atoms with Crippen LogP contribution in [0.15, 0.2) is 24.3 Å². The Balaban J connectivity index is 2.65. The van der Waals surface area contributed by atoms with Gasteiger partial charge in [-0.25, -0.2) is 0 Å². The minimum atomic E-state index is -3.39. The third-order valence-electron chi connectivity index (χ3n) is 1.65. The number of ether oxygens (including phenoxy) is 1. The third-order valence-corrected chi connectivity index (χ3v) is 2.20. The van der Waals surface area contributed by atoms with Crippen molar-refractivity contribution in [3.05, 3.63) is 29.8 Å². The van der Waals surface area contributed by atoms with E-state index in [1.54, 1.807) is 18.2 Å². The molecule has 0 aliphatic heterocycles. The van der Waals surface area contributed by atoms with Gasteiger partial charge in [0.15, 0.2) is 0 Å². The summed E-state index contributed by atoms with van der Waals surface area (Å²) in [4.78, 5) is 0. The molecule has 0 unspecified atom stereocenters. The Morgan fingerprint density at radius 1 is 1.33 bits per heavy atom. The summed E-state index contributed by atoms with van der Waals surface area (Å²) in [6.07, 6.45) is 1.03. The van der Waals surface area contributed by atoms with Crippen molar-refractivity contribution in [2.75, 3.05) is 12.9 Å². The Bertz CT molecular complexity index is 411. The molecule has 0 saturated heterocycles. The van der Waals surface area contributed by atoms with Crippen LogP contribution in [0.25, 0.3) is 0 Å². The number of hydrogen-bond acceptors (Lipinski definition) is 4. The van der Waals surface area contributed by atoms with Crippen LogP contribution in [0.3, 0.4) is 0 Å². The first-order valence-electron chi connectivity index (χ1n) is 4.57. The fourth-order valence-corrected chi connectivity index (χ4v) is 1.42. The summed E-state index contributed by atoms with van der Waals surface area (Å²) in [5.74, 6) is 0.715. The van der Waals surface area contributed by atoms with Crippen molar-refractivity contribution in [2.24, 2.45) is 0 Å². The van der Waals surface area contributed by atoms with E-state index >= 15 is 0 Å². The van der Waals surface area contributed by atoms with Gasteiger partial charge in [-0.3, -0.25) is 4.18 Å². The summed E-state index contributed by atoms with van der Waals surface area (Å²) >= 11 is 0. The molecular formula is C10H14O4S. The van der Waals surface area contributed by atoms with Gasteiger partial charge in [0.25, 0.3) is 10.1 Å². The lowest BCUT2D eigenvalue weighted by Crippen LogP contribution is -2.02. The topological polar surface area (TPSA) is 52.6 Å². The molecule has 1 aromatic rings. The van der Waals surface area contributed by atoms with E-state index in [1.165, 1.54) is 0 Å². The molecule has 0 aromatic heterocycles. The van der Waals surface area contributed by atoms with Gasteiger partial charge in [-0.1, -0.05) is 12.1 Å². The summed E-state index contributed by atoms with van der Waals surface area (Å²) in [5.41, 5.74) is 0.770.